The van der Waals surface area contributed by atoms with Gasteiger partial charge in [0.05, 0.1) is 23.8 Å². The topological polar surface area (TPSA) is 88.5 Å². The highest BCUT2D eigenvalue weighted by Gasteiger charge is 2.38. The van der Waals surface area contributed by atoms with Crippen LogP contribution in [-0.2, 0) is 25.5 Å². The molecule has 10 heteroatoms. The van der Waals surface area contributed by atoms with E-state index < -0.39 is 5.92 Å². The van der Waals surface area contributed by atoms with Crippen LogP contribution < -0.4 is 0 Å². The minimum atomic E-state index is -0.667. The maximum absolute atomic E-state index is 13.7. The van der Waals surface area contributed by atoms with Gasteiger partial charge in [0.15, 0.2) is 0 Å². The summed E-state index contributed by atoms with van der Waals surface area (Å²) >= 11 is 13.6. The number of allylic oxidation sites excluding steroid dienone is 1. The van der Waals surface area contributed by atoms with Gasteiger partial charge in [-0.2, -0.15) is 0 Å². The Morgan fingerprint density at radius 1 is 1.19 bits per heavy atom. The van der Waals surface area contributed by atoms with E-state index in [1.807, 2.05) is 11.0 Å². The Balaban J connectivity index is 1.61. The first-order chi connectivity index (χ1) is 17.2. The quantitative estimate of drug-likeness (QED) is 0.547. The molecule has 2 unspecified atom stereocenters. The smallest absolute Gasteiger partial charge is 0.258 e. The molecule has 3 aliphatic heterocycles. The molecule has 0 aromatic heterocycles. The van der Waals surface area contributed by atoms with Gasteiger partial charge in [-0.1, -0.05) is 23.2 Å². The molecule has 0 saturated carbocycles. The van der Waals surface area contributed by atoms with Crippen molar-refractivity contribution in [3.8, 4) is 0 Å². The summed E-state index contributed by atoms with van der Waals surface area (Å²) in [5.74, 6) is -0.602. The Hall–Kier alpha value is -2.42. The van der Waals surface area contributed by atoms with Gasteiger partial charge in [-0.05, 0) is 49.8 Å². The normalized spacial score (nSPS) is 21.7. The summed E-state index contributed by atoms with van der Waals surface area (Å²) < 4.78 is 11.3. The molecule has 8 nitrogen and oxygen atoms in total. The number of carbonyl (C=O) groups is 3. The summed E-state index contributed by atoms with van der Waals surface area (Å²) in [5, 5.41) is 0.809. The molecule has 3 amide bonds. The van der Waals surface area contributed by atoms with Crippen LogP contribution >= 0.6 is 23.2 Å². The molecule has 194 valence electrons. The number of methoxy groups -OCH3 is 2. The minimum absolute atomic E-state index is 0.0618. The van der Waals surface area contributed by atoms with Crippen molar-refractivity contribution in [3.63, 3.8) is 0 Å². The molecule has 1 saturated heterocycles. The van der Waals surface area contributed by atoms with Crippen LogP contribution in [0.1, 0.15) is 54.3 Å². The lowest BCUT2D eigenvalue weighted by molar-refractivity contribution is -0.131. The third-order valence-corrected chi connectivity index (χ3v) is 8.11. The average molecular weight is 536 g/mol. The Morgan fingerprint density at radius 3 is 2.50 bits per heavy atom. The molecule has 0 N–H and O–H groups in total. The van der Waals surface area contributed by atoms with Gasteiger partial charge < -0.3 is 19.3 Å². The van der Waals surface area contributed by atoms with Gasteiger partial charge in [-0.3, -0.25) is 14.4 Å². The van der Waals surface area contributed by atoms with Gasteiger partial charge in [0.25, 0.3) is 11.8 Å². The van der Waals surface area contributed by atoms with Crippen LogP contribution in [0.4, 0.5) is 0 Å². The average Bonchev–Trinajstić information content (AvgIpc) is 2.85. The maximum Gasteiger partial charge on any atom is 0.258 e. The second kappa shape index (κ2) is 10.9. The highest BCUT2D eigenvalue weighted by atomic mass is 35.5. The highest BCUT2D eigenvalue weighted by molar-refractivity contribution is 6.37. The summed E-state index contributed by atoms with van der Waals surface area (Å²) in [4.78, 5) is 45.5. The zero-order valence-corrected chi connectivity index (χ0v) is 22.5. The number of dihydropyridines is 1. The Kier molecular flexibility index (Phi) is 8.07. The lowest BCUT2D eigenvalue weighted by Gasteiger charge is -2.37. The monoisotopic (exact) mass is 535 g/mol. The van der Waals surface area contributed by atoms with Crippen molar-refractivity contribution in [2.75, 3.05) is 40.4 Å². The van der Waals surface area contributed by atoms with Crippen molar-refractivity contribution < 1.29 is 23.9 Å². The van der Waals surface area contributed by atoms with E-state index in [1.54, 1.807) is 31.9 Å². The summed E-state index contributed by atoms with van der Waals surface area (Å²) in [6, 6.07) is 1.81. The van der Waals surface area contributed by atoms with Gasteiger partial charge in [0, 0.05) is 56.5 Å². The van der Waals surface area contributed by atoms with E-state index in [4.69, 9.17) is 32.7 Å². The molecular weight excluding hydrogens is 505 g/mol. The molecule has 1 aromatic carbocycles. The van der Waals surface area contributed by atoms with E-state index in [0.29, 0.717) is 64.3 Å². The van der Waals surface area contributed by atoms with Crippen molar-refractivity contribution in [2.45, 2.75) is 39.2 Å². The molecule has 0 spiro atoms. The molecule has 0 bridgehead atoms. The summed E-state index contributed by atoms with van der Waals surface area (Å²) in [7, 11) is 3.13. The first-order valence-electron chi connectivity index (χ1n) is 12.1. The van der Waals surface area contributed by atoms with Crippen LogP contribution in [-0.4, -0.2) is 73.6 Å². The van der Waals surface area contributed by atoms with Crippen LogP contribution in [0.2, 0.25) is 10.0 Å². The molecule has 3 heterocycles. The van der Waals surface area contributed by atoms with Crippen molar-refractivity contribution in [1.82, 2.24) is 9.80 Å². The van der Waals surface area contributed by atoms with Crippen LogP contribution in [0.3, 0.4) is 0 Å². The fourth-order valence-electron chi connectivity index (χ4n) is 5.43. The zero-order valence-electron chi connectivity index (χ0n) is 21.0. The molecule has 1 fully saturated rings. The Labute approximate surface area is 221 Å². The number of rotatable bonds is 6. The Bertz CT molecular complexity index is 1140. The fraction of sp³-hybridized carbons (Fsp3) is 0.538. The molecule has 1 aromatic rings. The van der Waals surface area contributed by atoms with Crippen molar-refractivity contribution >= 4 is 46.6 Å². The third kappa shape index (κ3) is 5.04. The summed E-state index contributed by atoms with van der Waals surface area (Å²) in [5.41, 5.74) is 2.31. The predicted octanol–water partition coefficient (Wildman–Crippen LogP) is 4.09. The van der Waals surface area contributed by atoms with Crippen LogP contribution in [0.5, 0.6) is 0 Å². The van der Waals surface area contributed by atoms with E-state index in [9.17, 15) is 14.4 Å². The maximum atomic E-state index is 13.7. The third-order valence-electron chi connectivity index (χ3n) is 7.37. The van der Waals surface area contributed by atoms with Crippen molar-refractivity contribution in [1.29, 1.82) is 0 Å². The Morgan fingerprint density at radius 2 is 1.89 bits per heavy atom. The van der Waals surface area contributed by atoms with Crippen molar-refractivity contribution in [3.05, 3.63) is 44.6 Å². The summed E-state index contributed by atoms with van der Waals surface area (Å²) in [6.45, 7) is 5.15. The number of amides is 3. The van der Waals surface area contributed by atoms with E-state index in [-0.39, 0.29) is 36.3 Å². The first-order valence-corrected chi connectivity index (χ1v) is 12.8. The molecule has 0 aliphatic carbocycles. The summed E-state index contributed by atoms with van der Waals surface area (Å²) in [6.07, 6.45) is 3.40. The number of halogens is 2. The van der Waals surface area contributed by atoms with Gasteiger partial charge in [0.1, 0.15) is 11.7 Å². The van der Waals surface area contributed by atoms with Crippen LogP contribution in [0.25, 0.3) is 0 Å². The van der Waals surface area contributed by atoms with Gasteiger partial charge >= 0.3 is 0 Å². The standard InChI is InChI=1S/C26H31Cl2N3O5/c1-14-11-21(35-3)19(25(33)29-14)13-31-10-7-17-20(27)12-18(23(28)22(17)26(31)34)24(36-4)16-5-8-30(9-6-16)15(2)32/h11-12,16,19,24H,5-10,13H2,1-4H3. The largest absolute Gasteiger partial charge is 0.500 e. The number of likely N-dealkylation sites (tertiary alicyclic amines) is 1. The lowest BCUT2D eigenvalue weighted by atomic mass is 9.85. The number of piperidine rings is 1. The SMILES string of the molecule is COC1=CC(C)=NC(=O)C1CN1CCc2c(Cl)cc(C(OC)C3CCN(C(C)=O)CC3)c(Cl)c2C1=O. The number of benzene rings is 1. The number of hydrogen-bond acceptors (Lipinski definition) is 5. The second-order valence-electron chi connectivity index (χ2n) is 9.51. The van der Waals surface area contributed by atoms with Gasteiger partial charge in [0.2, 0.25) is 5.91 Å². The number of carbonyl (C=O) groups excluding carboxylic acids is 3. The molecular formula is C26H31Cl2N3O5. The molecule has 3 aliphatic rings. The lowest BCUT2D eigenvalue weighted by Crippen LogP contribution is -2.43. The van der Waals surface area contributed by atoms with Crippen LogP contribution in [0, 0.1) is 11.8 Å². The first kappa shape index (κ1) is 26.6. The van der Waals surface area contributed by atoms with E-state index >= 15 is 0 Å². The van der Waals surface area contributed by atoms with E-state index in [1.165, 1.54) is 7.11 Å². The molecule has 4 rings (SSSR count). The molecule has 0 radical (unpaired) electrons. The van der Waals surface area contributed by atoms with E-state index in [0.717, 1.165) is 12.8 Å². The number of hydrogen-bond donors (Lipinski definition) is 0. The number of aliphatic imine (C=N–C) groups is 1. The zero-order chi connectivity index (χ0) is 26.1. The van der Waals surface area contributed by atoms with E-state index in [2.05, 4.69) is 4.99 Å². The fourth-order valence-corrected chi connectivity index (χ4v) is 6.09. The number of nitrogens with zero attached hydrogens (tertiary/aromatic N) is 3. The molecule has 36 heavy (non-hydrogen) atoms. The van der Waals surface area contributed by atoms with Crippen molar-refractivity contribution in [2.24, 2.45) is 16.8 Å². The number of ether oxygens (including phenoxy) is 2. The second-order valence-corrected chi connectivity index (χ2v) is 10.3. The molecule has 2 atom stereocenters. The number of fused-ring (bicyclic) bond motifs is 1. The highest BCUT2D eigenvalue weighted by Crippen LogP contribution is 2.42. The minimum Gasteiger partial charge on any atom is -0.500 e. The van der Waals surface area contributed by atoms with Gasteiger partial charge in [-0.15, -0.1) is 0 Å². The predicted molar refractivity (Wildman–Crippen MR) is 137 cm³/mol. The van der Waals surface area contributed by atoms with Gasteiger partial charge in [-0.25, -0.2) is 4.99 Å². The van der Waals surface area contributed by atoms with Crippen LogP contribution in [0.15, 0.2) is 22.9 Å².